The molecule has 1 aromatic rings. The van der Waals surface area contributed by atoms with Gasteiger partial charge in [0.1, 0.15) is 0 Å². The Balaban J connectivity index is 1.95. The van der Waals surface area contributed by atoms with Crippen LogP contribution in [0.1, 0.15) is 49.8 Å². The molecule has 1 heteroatoms. The Kier molecular flexibility index (Phi) is 3.58. The molecule has 1 nitrogen and oxygen atoms in total. The van der Waals surface area contributed by atoms with Gasteiger partial charge in [-0.05, 0) is 55.2 Å². The Morgan fingerprint density at radius 1 is 1.24 bits per heavy atom. The first kappa shape index (κ1) is 12.6. The molecule has 1 atom stereocenters. The third-order valence-electron chi connectivity index (χ3n) is 4.18. The van der Waals surface area contributed by atoms with Crippen molar-refractivity contribution < 1.29 is 0 Å². The standard InChI is InChI=1S/C16H25N/c1-12-6-5-7-13(2)15(12)11-17-14-8-9-16(3,4)10-14/h5-7,14,17H,8-11H2,1-4H3. The van der Waals surface area contributed by atoms with Gasteiger partial charge in [-0.25, -0.2) is 0 Å². The maximum atomic E-state index is 3.74. The lowest BCUT2D eigenvalue weighted by Gasteiger charge is -2.19. The molecule has 0 heterocycles. The average molecular weight is 231 g/mol. The second-order valence-corrected chi connectivity index (χ2v) is 6.36. The van der Waals surface area contributed by atoms with E-state index < -0.39 is 0 Å². The van der Waals surface area contributed by atoms with Crippen LogP contribution in [0.15, 0.2) is 18.2 Å². The first-order valence-electron chi connectivity index (χ1n) is 6.76. The molecule has 0 radical (unpaired) electrons. The van der Waals surface area contributed by atoms with Gasteiger partial charge in [0.2, 0.25) is 0 Å². The minimum absolute atomic E-state index is 0.540. The lowest BCUT2D eigenvalue weighted by atomic mass is 9.92. The van der Waals surface area contributed by atoms with Crippen LogP contribution < -0.4 is 5.32 Å². The van der Waals surface area contributed by atoms with Gasteiger partial charge in [0.05, 0.1) is 0 Å². The molecule has 1 fully saturated rings. The largest absolute Gasteiger partial charge is 0.310 e. The van der Waals surface area contributed by atoms with Crippen LogP contribution in [0.4, 0.5) is 0 Å². The van der Waals surface area contributed by atoms with Gasteiger partial charge in [0.25, 0.3) is 0 Å². The van der Waals surface area contributed by atoms with Crippen molar-refractivity contribution in [3.63, 3.8) is 0 Å². The first-order chi connectivity index (χ1) is 7.98. The molecule has 1 N–H and O–H groups in total. The number of benzene rings is 1. The van der Waals surface area contributed by atoms with E-state index in [2.05, 4.69) is 51.2 Å². The molecular weight excluding hydrogens is 206 g/mol. The van der Waals surface area contributed by atoms with E-state index in [1.165, 1.54) is 36.0 Å². The van der Waals surface area contributed by atoms with Crippen molar-refractivity contribution in [3.05, 3.63) is 34.9 Å². The molecule has 0 aromatic heterocycles. The Labute approximate surface area is 106 Å². The highest BCUT2D eigenvalue weighted by molar-refractivity contribution is 5.33. The summed E-state index contributed by atoms with van der Waals surface area (Å²) in [7, 11) is 0. The quantitative estimate of drug-likeness (QED) is 0.830. The van der Waals surface area contributed by atoms with E-state index in [1.54, 1.807) is 0 Å². The lowest BCUT2D eigenvalue weighted by molar-refractivity contribution is 0.364. The van der Waals surface area contributed by atoms with Crippen LogP contribution in [0.3, 0.4) is 0 Å². The lowest BCUT2D eigenvalue weighted by Crippen LogP contribution is -2.27. The molecular formula is C16H25N. The highest BCUT2D eigenvalue weighted by Gasteiger charge is 2.30. The Morgan fingerprint density at radius 3 is 2.41 bits per heavy atom. The molecule has 0 amide bonds. The molecule has 2 rings (SSSR count). The highest BCUT2D eigenvalue weighted by Crippen LogP contribution is 2.37. The summed E-state index contributed by atoms with van der Waals surface area (Å²) in [5, 5.41) is 3.74. The van der Waals surface area contributed by atoms with E-state index in [0.29, 0.717) is 11.5 Å². The van der Waals surface area contributed by atoms with Gasteiger partial charge in [0, 0.05) is 12.6 Å². The number of rotatable bonds is 3. The zero-order valence-corrected chi connectivity index (χ0v) is 11.6. The zero-order valence-electron chi connectivity index (χ0n) is 11.6. The van der Waals surface area contributed by atoms with Gasteiger partial charge in [-0.3, -0.25) is 0 Å². The second-order valence-electron chi connectivity index (χ2n) is 6.36. The van der Waals surface area contributed by atoms with Gasteiger partial charge in [-0.2, -0.15) is 0 Å². The van der Waals surface area contributed by atoms with Crippen molar-refractivity contribution in [2.24, 2.45) is 5.41 Å². The van der Waals surface area contributed by atoms with Crippen molar-refractivity contribution >= 4 is 0 Å². The summed E-state index contributed by atoms with van der Waals surface area (Å²) < 4.78 is 0. The third-order valence-corrected chi connectivity index (χ3v) is 4.18. The molecule has 0 spiro atoms. The predicted molar refractivity (Wildman–Crippen MR) is 74.2 cm³/mol. The third kappa shape index (κ3) is 3.10. The Hall–Kier alpha value is -0.820. The maximum absolute atomic E-state index is 3.74. The fourth-order valence-corrected chi connectivity index (χ4v) is 2.98. The van der Waals surface area contributed by atoms with E-state index >= 15 is 0 Å². The molecule has 0 saturated heterocycles. The fraction of sp³-hybridized carbons (Fsp3) is 0.625. The van der Waals surface area contributed by atoms with Crippen molar-refractivity contribution in [1.82, 2.24) is 5.32 Å². The van der Waals surface area contributed by atoms with E-state index in [0.717, 1.165) is 6.54 Å². The SMILES string of the molecule is Cc1cccc(C)c1CNC1CCC(C)(C)C1. The van der Waals surface area contributed by atoms with Gasteiger partial charge >= 0.3 is 0 Å². The van der Waals surface area contributed by atoms with E-state index in [9.17, 15) is 0 Å². The summed E-state index contributed by atoms with van der Waals surface area (Å²) in [6.07, 6.45) is 4.01. The van der Waals surface area contributed by atoms with Crippen LogP contribution in [0.25, 0.3) is 0 Å². The summed E-state index contributed by atoms with van der Waals surface area (Å²) in [4.78, 5) is 0. The van der Waals surface area contributed by atoms with Crippen LogP contribution in [-0.4, -0.2) is 6.04 Å². The summed E-state index contributed by atoms with van der Waals surface area (Å²) >= 11 is 0. The maximum Gasteiger partial charge on any atom is 0.0213 e. The van der Waals surface area contributed by atoms with Crippen LogP contribution in [0.2, 0.25) is 0 Å². The highest BCUT2D eigenvalue weighted by atomic mass is 14.9. The predicted octanol–water partition coefficient (Wildman–Crippen LogP) is 3.97. The number of aryl methyl sites for hydroxylation is 2. The van der Waals surface area contributed by atoms with Crippen LogP contribution in [0, 0.1) is 19.3 Å². The molecule has 1 aromatic carbocycles. The molecule has 94 valence electrons. The first-order valence-corrected chi connectivity index (χ1v) is 6.76. The molecule has 0 aliphatic heterocycles. The van der Waals surface area contributed by atoms with Crippen LogP contribution in [0.5, 0.6) is 0 Å². The summed E-state index contributed by atoms with van der Waals surface area (Å²) in [6, 6.07) is 7.28. The van der Waals surface area contributed by atoms with Gasteiger partial charge < -0.3 is 5.32 Å². The molecule has 1 aliphatic carbocycles. The summed E-state index contributed by atoms with van der Waals surface area (Å²) in [5.41, 5.74) is 4.85. The van der Waals surface area contributed by atoms with E-state index in [1.807, 2.05) is 0 Å². The average Bonchev–Trinajstić information content (AvgIpc) is 2.57. The normalized spacial score (nSPS) is 22.9. The number of hydrogen-bond acceptors (Lipinski definition) is 1. The van der Waals surface area contributed by atoms with E-state index in [4.69, 9.17) is 0 Å². The molecule has 1 saturated carbocycles. The zero-order chi connectivity index (χ0) is 12.5. The monoisotopic (exact) mass is 231 g/mol. The number of nitrogens with one attached hydrogen (secondary N) is 1. The van der Waals surface area contributed by atoms with Crippen LogP contribution in [-0.2, 0) is 6.54 Å². The molecule has 1 aliphatic rings. The topological polar surface area (TPSA) is 12.0 Å². The van der Waals surface area contributed by atoms with Gasteiger partial charge in [-0.15, -0.1) is 0 Å². The molecule has 1 unspecified atom stereocenters. The van der Waals surface area contributed by atoms with Gasteiger partial charge in [0.15, 0.2) is 0 Å². The summed E-state index contributed by atoms with van der Waals surface area (Å²) in [5.74, 6) is 0. The molecule has 17 heavy (non-hydrogen) atoms. The van der Waals surface area contributed by atoms with Crippen molar-refractivity contribution in [2.75, 3.05) is 0 Å². The minimum atomic E-state index is 0.540. The van der Waals surface area contributed by atoms with Crippen molar-refractivity contribution in [2.45, 2.75) is 59.5 Å². The van der Waals surface area contributed by atoms with Gasteiger partial charge in [-0.1, -0.05) is 32.0 Å². The summed E-state index contributed by atoms with van der Waals surface area (Å²) in [6.45, 7) is 10.2. The second kappa shape index (κ2) is 4.81. The van der Waals surface area contributed by atoms with Crippen molar-refractivity contribution in [1.29, 1.82) is 0 Å². The van der Waals surface area contributed by atoms with Crippen LogP contribution >= 0.6 is 0 Å². The Bertz CT molecular complexity index is 372. The van der Waals surface area contributed by atoms with E-state index in [-0.39, 0.29) is 0 Å². The number of hydrogen-bond donors (Lipinski definition) is 1. The minimum Gasteiger partial charge on any atom is -0.310 e. The fourth-order valence-electron chi connectivity index (χ4n) is 2.98. The molecule has 0 bridgehead atoms. The smallest absolute Gasteiger partial charge is 0.0213 e. The Morgan fingerprint density at radius 2 is 1.88 bits per heavy atom. The van der Waals surface area contributed by atoms with Crippen molar-refractivity contribution in [3.8, 4) is 0 Å².